The number of aromatic nitrogens is 5. The van der Waals surface area contributed by atoms with Crippen molar-refractivity contribution in [3.8, 4) is 11.1 Å². The SMILES string of the molecule is CC(C)Cc1nc2c(c(N3CCC3CO)nn2C2CCN(C)CC2)c(-c2ccc3c(cnn3Cc3ccc(F)c(F)c3)c2)c1C(N)=O. The van der Waals surface area contributed by atoms with Gasteiger partial charge in [0.15, 0.2) is 23.1 Å². The molecule has 2 aliphatic rings. The highest BCUT2D eigenvalue weighted by atomic mass is 19.2. The lowest BCUT2D eigenvalue weighted by Crippen LogP contribution is -2.50. The van der Waals surface area contributed by atoms with Crippen LogP contribution < -0.4 is 10.6 Å². The van der Waals surface area contributed by atoms with Crippen molar-refractivity contribution in [3.63, 3.8) is 0 Å². The van der Waals surface area contributed by atoms with Crippen molar-refractivity contribution in [1.29, 1.82) is 0 Å². The normalized spacial score (nSPS) is 17.7. The molecule has 47 heavy (non-hydrogen) atoms. The topological polar surface area (TPSA) is 118 Å². The molecule has 10 nitrogen and oxygen atoms in total. The number of carbonyl (C=O) groups excluding carboxylic acids is 1. The van der Waals surface area contributed by atoms with E-state index in [1.54, 1.807) is 16.9 Å². The largest absolute Gasteiger partial charge is 0.394 e. The molecule has 3 N–H and O–H groups in total. The first kappa shape index (κ1) is 31.2. The molecular formula is C35H40F2N8O2. The highest BCUT2D eigenvalue weighted by Gasteiger charge is 2.36. The van der Waals surface area contributed by atoms with E-state index in [9.17, 15) is 18.7 Å². The number of amides is 1. The lowest BCUT2D eigenvalue weighted by molar-refractivity contribution is 0.0999. The predicted molar refractivity (Wildman–Crippen MR) is 177 cm³/mol. The van der Waals surface area contributed by atoms with Gasteiger partial charge in [0.05, 0.1) is 53.6 Å². The molecule has 1 atom stereocenters. The molecular weight excluding hydrogens is 602 g/mol. The summed E-state index contributed by atoms with van der Waals surface area (Å²) in [6.45, 7) is 7.07. The summed E-state index contributed by atoms with van der Waals surface area (Å²) >= 11 is 0. The van der Waals surface area contributed by atoms with E-state index >= 15 is 0 Å². The molecule has 2 aromatic carbocycles. The van der Waals surface area contributed by atoms with Gasteiger partial charge < -0.3 is 20.6 Å². The number of anilines is 1. The molecule has 1 unspecified atom stereocenters. The van der Waals surface area contributed by atoms with Crippen molar-refractivity contribution in [2.45, 2.75) is 58.2 Å². The molecule has 2 aliphatic heterocycles. The van der Waals surface area contributed by atoms with Gasteiger partial charge in [-0.25, -0.2) is 18.4 Å². The standard InChI is InChI=1S/C35H40F2N8O2/c1-20(2)14-28-31(33(38)47)30(22-5-7-29-23(16-22)17-39-44(29)18-21-4-6-26(36)27(37)15-21)32-34(40-28)45(24-8-11-42(3)12-9-24)41-35(32)43-13-10-25(43)19-46/h4-7,15-17,20,24-25,46H,8-14,18-19H2,1-3H3,(H2,38,47). The zero-order valence-corrected chi connectivity index (χ0v) is 27.0. The number of hydrogen-bond donors (Lipinski definition) is 2. The molecule has 0 spiro atoms. The third kappa shape index (κ3) is 5.63. The van der Waals surface area contributed by atoms with Crippen molar-refractivity contribution >= 4 is 33.7 Å². The molecule has 7 rings (SSSR count). The van der Waals surface area contributed by atoms with Crippen LogP contribution >= 0.6 is 0 Å². The van der Waals surface area contributed by atoms with Crippen LogP contribution in [-0.2, 0) is 13.0 Å². The molecule has 3 aromatic heterocycles. The lowest BCUT2D eigenvalue weighted by Gasteiger charge is -2.40. The van der Waals surface area contributed by atoms with Crippen LogP contribution in [0.25, 0.3) is 33.1 Å². The molecule has 0 bridgehead atoms. The second-order valence-electron chi connectivity index (χ2n) is 13.4. The molecule has 12 heteroatoms. The average Bonchev–Trinajstić information content (AvgIpc) is 3.59. The smallest absolute Gasteiger partial charge is 0.251 e. The number of carbonyl (C=O) groups is 1. The third-order valence-electron chi connectivity index (χ3n) is 9.65. The molecule has 2 fully saturated rings. The Labute approximate surface area is 271 Å². The van der Waals surface area contributed by atoms with Crippen molar-refractivity contribution in [1.82, 2.24) is 29.4 Å². The highest BCUT2D eigenvalue weighted by Crippen LogP contribution is 2.43. The summed E-state index contributed by atoms with van der Waals surface area (Å²) in [6, 6.07) is 9.77. The van der Waals surface area contributed by atoms with E-state index in [-0.39, 0.29) is 31.2 Å². The molecule has 5 aromatic rings. The van der Waals surface area contributed by atoms with Crippen molar-refractivity contribution in [2.75, 3.05) is 38.2 Å². The first-order chi connectivity index (χ1) is 22.6. The van der Waals surface area contributed by atoms with Crippen molar-refractivity contribution in [2.24, 2.45) is 11.7 Å². The number of piperidine rings is 1. The van der Waals surface area contributed by atoms with Crippen molar-refractivity contribution < 1.29 is 18.7 Å². The minimum Gasteiger partial charge on any atom is -0.394 e. The summed E-state index contributed by atoms with van der Waals surface area (Å²) < 4.78 is 31.3. The fourth-order valence-corrected chi connectivity index (χ4v) is 7.07. The zero-order chi connectivity index (χ0) is 33.0. The number of halogens is 2. The van der Waals surface area contributed by atoms with E-state index in [4.69, 9.17) is 15.8 Å². The maximum atomic E-state index is 13.9. The van der Waals surface area contributed by atoms with Crippen LogP contribution in [0.3, 0.4) is 0 Å². The number of aliphatic hydroxyl groups is 1. The molecule has 2 saturated heterocycles. The monoisotopic (exact) mass is 642 g/mol. The predicted octanol–water partition coefficient (Wildman–Crippen LogP) is 4.91. The first-order valence-corrected chi connectivity index (χ1v) is 16.3. The Balaban J connectivity index is 1.44. The Morgan fingerprint density at radius 2 is 1.85 bits per heavy atom. The summed E-state index contributed by atoms with van der Waals surface area (Å²) in [7, 11) is 2.13. The molecule has 246 valence electrons. The van der Waals surface area contributed by atoms with Crippen LogP contribution in [-0.4, -0.2) is 79.8 Å². The summed E-state index contributed by atoms with van der Waals surface area (Å²) in [6.07, 6.45) is 4.99. The van der Waals surface area contributed by atoms with E-state index < -0.39 is 17.5 Å². The minimum absolute atomic E-state index is 0.00253. The van der Waals surface area contributed by atoms with Gasteiger partial charge in [0.1, 0.15) is 0 Å². The fourth-order valence-electron chi connectivity index (χ4n) is 7.07. The number of likely N-dealkylation sites (tertiary alicyclic amines) is 1. The van der Waals surface area contributed by atoms with Gasteiger partial charge in [-0.2, -0.15) is 10.2 Å². The third-order valence-corrected chi connectivity index (χ3v) is 9.65. The number of pyridine rings is 1. The molecule has 0 aliphatic carbocycles. The Morgan fingerprint density at radius 1 is 1.06 bits per heavy atom. The van der Waals surface area contributed by atoms with E-state index in [0.29, 0.717) is 34.6 Å². The number of primary amides is 1. The van der Waals surface area contributed by atoms with Gasteiger partial charge >= 0.3 is 0 Å². The van der Waals surface area contributed by atoms with E-state index in [1.165, 1.54) is 6.07 Å². The number of nitrogens with two attached hydrogens (primary N) is 1. The number of aliphatic hydroxyl groups excluding tert-OH is 1. The molecule has 1 amide bonds. The minimum atomic E-state index is -0.902. The molecule has 5 heterocycles. The second kappa shape index (κ2) is 12.3. The summed E-state index contributed by atoms with van der Waals surface area (Å²) in [5, 5.41) is 21.5. The number of fused-ring (bicyclic) bond motifs is 2. The van der Waals surface area contributed by atoms with Gasteiger partial charge in [-0.15, -0.1) is 0 Å². The number of benzene rings is 2. The van der Waals surface area contributed by atoms with Gasteiger partial charge in [-0.3, -0.25) is 9.48 Å². The molecule has 0 radical (unpaired) electrons. The Hall–Kier alpha value is -4.42. The van der Waals surface area contributed by atoms with Gasteiger partial charge in [0.2, 0.25) is 0 Å². The zero-order valence-electron chi connectivity index (χ0n) is 27.0. The van der Waals surface area contributed by atoms with Crippen LogP contribution in [0.5, 0.6) is 0 Å². The van der Waals surface area contributed by atoms with Crippen LogP contribution in [0.1, 0.15) is 60.8 Å². The maximum absolute atomic E-state index is 13.9. The van der Waals surface area contributed by atoms with Crippen LogP contribution in [0, 0.1) is 17.6 Å². The first-order valence-electron chi connectivity index (χ1n) is 16.3. The average molecular weight is 643 g/mol. The maximum Gasteiger partial charge on any atom is 0.251 e. The number of nitrogens with zero attached hydrogens (tertiary/aromatic N) is 7. The Kier molecular flexibility index (Phi) is 8.17. The van der Waals surface area contributed by atoms with E-state index in [2.05, 4.69) is 40.5 Å². The van der Waals surface area contributed by atoms with E-state index in [1.807, 2.05) is 18.2 Å². The fraction of sp³-hybridized carbons (Fsp3) is 0.429. The summed E-state index contributed by atoms with van der Waals surface area (Å²) in [4.78, 5) is 23.0. The van der Waals surface area contributed by atoms with Crippen LogP contribution in [0.15, 0.2) is 42.6 Å². The van der Waals surface area contributed by atoms with E-state index in [0.717, 1.165) is 72.5 Å². The van der Waals surface area contributed by atoms with Gasteiger partial charge in [0.25, 0.3) is 5.91 Å². The summed E-state index contributed by atoms with van der Waals surface area (Å²) in [5.41, 5.74) is 10.8. The van der Waals surface area contributed by atoms with Gasteiger partial charge in [-0.05, 0) is 87.1 Å². The summed E-state index contributed by atoms with van der Waals surface area (Å²) in [5.74, 6) is -1.42. The number of rotatable bonds is 9. The van der Waals surface area contributed by atoms with Crippen LogP contribution in [0.2, 0.25) is 0 Å². The number of hydrogen-bond acceptors (Lipinski definition) is 7. The Morgan fingerprint density at radius 3 is 2.51 bits per heavy atom. The van der Waals surface area contributed by atoms with Crippen LogP contribution in [0.4, 0.5) is 14.6 Å². The highest BCUT2D eigenvalue weighted by molar-refractivity contribution is 6.13. The quantitative estimate of drug-likeness (QED) is 0.235. The second-order valence-corrected chi connectivity index (χ2v) is 13.4. The molecule has 0 saturated carbocycles. The van der Waals surface area contributed by atoms with Crippen molar-refractivity contribution in [3.05, 3.63) is 71.1 Å². The van der Waals surface area contributed by atoms with Gasteiger partial charge in [-0.1, -0.05) is 26.0 Å². The van der Waals surface area contributed by atoms with Gasteiger partial charge in [0, 0.05) is 17.5 Å². The lowest BCUT2D eigenvalue weighted by atomic mass is 9.91. The Bertz CT molecular complexity index is 1980.